The molecule has 0 fully saturated rings. The summed E-state index contributed by atoms with van der Waals surface area (Å²) in [6, 6.07) is 6.65. The summed E-state index contributed by atoms with van der Waals surface area (Å²) in [6.07, 6.45) is 3.49. The smallest absolute Gasteiger partial charge is 0.123 e. The molecule has 0 aliphatic carbocycles. The average molecular weight is 291 g/mol. The molecule has 0 amide bonds. The molecule has 0 aliphatic heterocycles. The van der Waals surface area contributed by atoms with Gasteiger partial charge < -0.3 is 10.1 Å². The van der Waals surface area contributed by atoms with Gasteiger partial charge in [0.2, 0.25) is 0 Å². The SMILES string of the molecule is CCCNCC(CC)Oc1ccc(CC)cc1C(C)(C)C. The molecule has 1 aromatic rings. The molecule has 0 saturated heterocycles. The van der Waals surface area contributed by atoms with Gasteiger partial charge in [0.15, 0.2) is 0 Å². The van der Waals surface area contributed by atoms with Gasteiger partial charge in [0.25, 0.3) is 0 Å². The van der Waals surface area contributed by atoms with Gasteiger partial charge in [0.1, 0.15) is 11.9 Å². The first-order chi connectivity index (χ1) is 9.92. The van der Waals surface area contributed by atoms with Gasteiger partial charge in [0, 0.05) is 6.54 Å². The summed E-state index contributed by atoms with van der Waals surface area (Å²) in [5.74, 6) is 1.05. The quantitative estimate of drug-likeness (QED) is 0.701. The van der Waals surface area contributed by atoms with E-state index in [1.54, 1.807) is 0 Å². The Hall–Kier alpha value is -1.02. The maximum absolute atomic E-state index is 6.30. The fraction of sp³-hybridized carbons (Fsp3) is 0.684. The van der Waals surface area contributed by atoms with E-state index in [1.165, 1.54) is 11.1 Å². The van der Waals surface area contributed by atoms with Crippen molar-refractivity contribution in [3.8, 4) is 5.75 Å². The molecule has 0 saturated carbocycles. The van der Waals surface area contributed by atoms with Crippen LogP contribution in [-0.2, 0) is 11.8 Å². The van der Waals surface area contributed by atoms with Gasteiger partial charge >= 0.3 is 0 Å². The summed E-state index contributed by atoms with van der Waals surface area (Å²) in [5.41, 5.74) is 2.80. The Labute approximate surface area is 131 Å². The molecule has 2 heteroatoms. The Kier molecular flexibility index (Phi) is 7.24. The third-order valence-electron chi connectivity index (χ3n) is 3.81. The number of hydrogen-bond acceptors (Lipinski definition) is 2. The van der Waals surface area contributed by atoms with E-state index in [0.717, 1.165) is 38.1 Å². The van der Waals surface area contributed by atoms with Crippen LogP contribution in [0.25, 0.3) is 0 Å². The molecule has 2 nitrogen and oxygen atoms in total. The zero-order chi connectivity index (χ0) is 15.9. The summed E-state index contributed by atoms with van der Waals surface area (Å²) in [6.45, 7) is 15.3. The predicted molar refractivity (Wildman–Crippen MR) is 92.4 cm³/mol. The summed E-state index contributed by atoms with van der Waals surface area (Å²) < 4.78 is 6.30. The Bertz CT molecular complexity index is 420. The number of aryl methyl sites for hydroxylation is 1. The minimum Gasteiger partial charge on any atom is -0.489 e. The molecular weight excluding hydrogens is 258 g/mol. The largest absolute Gasteiger partial charge is 0.489 e. The summed E-state index contributed by atoms with van der Waals surface area (Å²) in [4.78, 5) is 0. The van der Waals surface area contributed by atoms with Crippen molar-refractivity contribution in [3.05, 3.63) is 29.3 Å². The second kappa shape index (κ2) is 8.43. The minimum atomic E-state index is 0.107. The van der Waals surface area contributed by atoms with Crippen LogP contribution in [-0.4, -0.2) is 19.2 Å². The number of benzene rings is 1. The molecule has 0 spiro atoms. The van der Waals surface area contributed by atoms with Crippen LogP contribution in [0, 0.1) is 0 Å². The molecule has 1 rings (SSSR count). The molecule has 0 bridgehead atoms. The van der Waals surface area contributed by atoms with Crippen LogP contribution in [0.2, 0.25) is 0 Å². The Morgan fingerprint density at radius 3 is 2.38 bits per heavy atom. The second-order valence-corrected chi connectivity index (χ2v) is 6.79. The first-order valence-corrected chi connectivity index (χ1v) is 8.43. The lowest BCUT2D eigenvalue weighted by Gasteiger charge is -2.26. The lowest BCUT2D eigenvalue weighted by molar-refractivity contribution is 0.189. The lowest BCUT2D eigenvalue weighted by Crippen LogP contribution is -2.32. The van der Waals surface area contributed by atoms with Gasteiger partial charge in [-0.15, -0.1) is 0 Å². The van der Waals surface area contributed by atoms with Crippen molar-refractivity contribution in [2.24, 2.45) is 0 Å². The average Bonchev–Trinajstić information content (AvgIpc) is 2.45. The topological polar surface area (TPSA) is 21.3 Å². The second-order valence-electron chi connectivity index (χ2n) is 6.79. The van der Waals surface area contributed by atoms with E-state index in [9.17, 15) is 0 Å². The Morgan fingerprint density at radius 1 is 1.14 bits per heavy atom. The Balaban J connectivity index is 2.90. The molecule has 1 aromatic carbocycles. The maximum Gasteiger partial charge on any atom is 0.123 e. The first-order valence-electron chi connectivity index (χ1n) is 8.43. The van der Waals surface area contributed by atoms with E-state index < -0.39 is 0 Å². The molecule has 21 heavy (non-hydrogen) atoms. The molecule has 1 atom stereocenters. The summed E-state index contributed by atoms with van der Waals surface area (Å²) in [7, 11) is 0. The molecular formula is C19H33NO. The summed E-state index contributed by atoms with van der Waals surface area (Å²) >= 11 is 0. The zero-order valence-corrected chi connectivity index (χ0v) is 14.8. The van der Waals surface area contributed by atoms with E-state index in [4.69, 9.17) is 4.74 Å². The number of ether oxygens (including phenoxy) is 1. The van der Waals surface area contributed by atoms with Crippen LogP contribution >= 0.6 is 0 Å². The van der Waals surface area contributed by atoms with Crippen LogP contribution in [0.15, 0.2) is 18.2 Å². The molecule has 120 valence electrons. The maximum atomic E-state index is 6.30. The number of rotatable bonds is 8. The van der Waals surface area contributed by atoms with Gasteiger partial charge in [0.05, 0.1) is 0 Å². The van der Waals surface area contributed by atoms with Gasteiger partial charge in [-0.25, -0.2) is 0 Å². The van der Waals surface area contributed by atoms with Crippen molar-refractivity contribution in [2.45, 2.75) is 72.3 Å². The van der Waals surface area contributed by atoms with E-state index in [2.05, 4.69) is 65.1 Å². The van der Waals surface area contributed by atoms with Crippen molar-refractivity contribution in [2.75, 3.05) is 13.1 Å². The third kappa shape index (κ3) is 5.70. The normalized spacial score (nSPS) is 13.2. The van der Waals surface area contributed by atoms with Crippen LogP contribution < -0.4 is 10.1 Å². The standard InChI is InChI=1S/C19H33NO/c1-7-12-20-14-16(9-3)21-18-11-10-15(8-2)13-17(18)19(4,5)6/h10-11,13,16,20H,7-9,12,14H2,1-6H3. The molecule has 0 radical (unpaired) electrons. The third-order valence-corrected chi connectivity index (χ3v) is 3.81. The number of nitrogens with one attached hydrogen (secondary N) is 1. The van der Waals surface area contributed by atoms with Crippen LogP contribution in [0.5, 0.6) is 5.75 Å². The van der Waals surface area contributed by atoms with Crippen LogP contribution in [0.4, 0.5) is 0 Å². The summed E-state index contributed by atoms with van der Waals surface area (Å²) in [5, 5.41) is 3.46. The molecule has 0 aliphatic rings. The van der Waals surface area contributed by atoms with Gasteiger partial charge in [-0.05, 0) is 48.4 Å². The van der Waals surface area contributed by atoms with Crippen LogP contribution in [0.1, 0.15) is 65.5 Å². The fourth-order valence-electron chi connectivity index (χ4n) is 2.37. The van der Waals surface area contributed by atoms with Gasteiger partial charge in [-0.1, -0.05) is 53.7 Å². The van der Waals surface area contributed by atoms with E-state index >= 15 is 0 Å². The molecule has 0 heterocycles. The molecule has 1 N–H and O–H groups in total. The van der Waals surface area contributed by atoms with E-state index in [0.29, 0.717) is 0 Å². The van der Waals surface area contributed by atoms with E-state index in [-0.39, 0.29) is 11.5 Å². The van der Waals surface area contributed by atoms with Crippen molar-refractivity contribution >= 4 is 0 Å². The highest BCUT2D eigenvalue weighted by atomic mass is 16.5. The Morgan fingerprint density at radius 2 is 1.86 bits per heavy atom. The van der Waals surface area contributed by atoms with E-state index in [1.807, 2.05) is 0 Å². The molecule has 0 aromatic heterocycles. The molecule has 1 unspecified atom stereocenters. The monoisotopic (exact) mass is 291 g/mol. The fourth-order valence-corrected chi connectivity index (χ4v) is 2.37. The minimum absolute atomic E-state index is 0.107. The van der Waals surface area contributed by atoms with Crippen molar-refractivity contribution in [3.63, 3.8) is 0 Å². The van der Waals surface area contributed by atoms with Crippen molar-refractivity contribution in [1.29, 1.82) is 0 Å². The highest BCUT2D eigenvalue weighted by Gasteiger charge is 2.21. The highest BCUT2D eigenvalue weighted by molar-refractivity contribution is 5.41. The zero-order valence-electron chi connectivity index (χ0n) is 14.8. The predicted octanol–water partition coefficient (Wildman–Crippen LogP) is 4.70. The van der Waals surface area contributed by atoms with Gasteiger partial charge in [-0.2, -0.15) is 0 Å². The van der Waals surface area contributed by atoms with Crippen LogP contribution in [0.3, 0.4) is 0 Å². The van der Waals surface area contributed by atoms with Crippen molar-refractivity contribution < 1.29 is 4.74 Å². The highest BCUT2D eigenvalue weighted by Crippen LogP contribution is 2.33. The van der Waals surface area contributed by atoms with Gasteiger partial charge in [-0.3, -0.25) is 0 Å². The van der Waals surface area contributed by atoms with Crippen molar-refractivity contribution in [1.82, 2.24) is 5.32 Å². The first kappa shape index (κ1) is 18.0. The lowest BCUT2D eigenvalue weighted by atomic mass is 9.85. The number of hydrogen-bond donors (Lipinski definition) is 1.